The van der Waals surface area contributed by atoms with Crippen LogP contribution in [0.1, 0.15) is 32.1 Å². The van der Waals surface area contributed by atoms with Crippen molar-refractivity contribution in [1.82, 2.24) is 4.90 Å². The van der Waals surface area contributed by atoms with E-state index in [1.54, 1.807) is 0 Å². The summed E-state index contributed by atoms with van der Waals surface area (Å²) in [7, 11) is 0. The van der Waals surface area contributed by atoms with Crippen LogP contribution >= 0.6 is 0 Å². The second-order valence-electron chi connectivity index (χ2n) is 4.07. The van der Waals surface area contributed by atoms with Gasteiger partial charge in [0, 0.05) is 12.1 Å². The van der Waals surface area contributed by atoms with Crippen molar-refractivity contribution in [2.75, 3.05) is 13.1 Å². The van der Waals surface area contributed by atoms with E-state index in [2.05, 4.69) is 4.90 Å². The minimum Gasteiger partial charge on any atom is -0.369 e. The molecule has 1 amide bonds. The van der Waals surface area contributed by atoms with E-state index < -0.39 is 0 Å². The smallest absolute Gasteiger partial charge is 0.231 e. The lowest BCUT2D eigenvalue weighted by molar-refractivity contribution is -0.124. The van der Waals surface area contributed by atoms with Crippen molar-refractivity contribution in [3.63, 3.8) is 0 Å². The van der Waals surface area contributed by atoms with Crippen molar-refractivity contribution < 1.29 is 4.79 Å². The lowest BCUT2D eigenvalue weighted by atomic mass is 9.83. The Bertz CT molecular complexity index is 197. The Hall–Kier alpha value is -0.570. The average Bonchev–Trinajstić information content (AvgIpc) is 2.48. The van der Waals surface area contributed by atoms with Gasteiger partial charge >= 0.3 is 0 Å². The van der Waals surface area contributed by atoms with E-state index in [-0.39, 0.29) is 5.91 Å². The maximum atomic E-state index is 10.7. The highest BCUT2D eigenvalue weighted by atomic mass is 16.1. The van der Waals surface area contributed by atoms with E-state index in [1.165, 1.54) is 32.1 Å². The molecule has 1 heterocycles. The van der Waals surface area contributed by atoms with Crippen molar-refractivity contribution in [3.8, 4) is 0 Å². The molecule has 0 unspecified atom stereocenters. The third-order valence-corrected chi connectivity index (χ3v) is 3.40. The summed E-state index contributed by atoms with van der Waals surface area (Å²) in [4.78, 5) is 13.0. The summed E-state index contributed by atoms with van der Waals surface area (Å²) in [5.74, 6) is -0.180. The summed E-state index contributed by atoms with van der Waals surface area (Å²) in [5, 5.41) is 0. The molecule has 0 aromatic carbocycles. The Morgan fingerprint density at radius 3 is 2.42 bits per heavy atom. The zero-order valence-corrected chi connectivity index (χ0v) is 7.38. The van der Waals surface area contributed by atoms with Crippen molar-refractivity contribution in [2.45, 2.75) is 37.6 Å². The zero-order valence-electron chi connectivity index (χ0n) is 7.38. The number of likely N-dealkylation sites (tertiary alicyclic amines) is 1. The molecule has 1 aliphatic carbocycles. The van der Waals surface area contributed by atoms with Gasteiger partial charge in [0.25, 0.3) is 0 Å². The number of rotatable bonds is 2. The molecule has 0 radical (unpaired) electrons. The molecule has 1 aliphatic heterocycles. The van der Waals surface area contributed by atoms with E-state index in [0.29, 0.717) is 12.1 Å². The fourth-order valence-electron chi connectivity index (χ4n) is 2.62. The number of amides is 1. The molecule has 3 nitrogen and oxygen atoms in total. The third-order valence-electron chi connectivity index (χ3n) is 3.40. The average molecular weight is 168 g/mol. The summed E-state index contributed by atoms with van der Waals surface area (Å²) < 4.78 is 0. The molecule has 0 atom stereocenters. The number of hydrogen-bond donors (Lipinski definition) is 1. The Kier molecular flexibility index (Phi) is 1.83. The SMILES string of the molecule is NC(=O)CN1CCC12CCCC2. The van der Waals surface area contributed by atoms with Crippen molar-refractivity contribution in [1.29, 1.82) is 0 Å². The highest BCUT2D eigenvalue weighted by Gasteiger charge is 2.46. The highest BCUT2D eigenvalue weighted by Crippen LogP contribution is 2.44. The van der Waals surface area contributed by atoms with Gasteiger partial charge in [0.2, 0.25) is 5.91 Å². The molecular formula is C9H16N2O. The van der Waals surface area contributed by atoms with Crippen LogP contribution in [0.2, 0.25) is 0 Å². The molecule has 0 aromatic heterocycles. The molecule has 0 bridgehead atoms. The van der Waals surface area contributed by atoms with Gasteiger partial charge in [0.05, 0.1) is 6.54 Å². The number of nitrogens with two attached hydrogens (primary N) is 1. The van der Waals surface area contributed by atoms with Crippen LogP contribution in [-0.2, 0) is 4.79 Å². The summed E-state index contributed by atoms with van der Waals surface area (Å²) in [6.07, 6.45) is 6.49. The maximum absolute atomic E-state index is 10.7. The fourth-order valence-corrected chi connectivity index (χ4v) is 2.62. The van der Waals surface area contributed by atoms with E-state index in [0.717, 1.165) is 6.54 Å². The molecule has 2 fully saturated rings. The van der Waals surface area contributed by atoms with Crippen molar-refractivity contribution >= 4 is 5.91 Å². The van der Waals surface area contributed by atoms with Gasteiger partial charge in [0.15, 0.2) is 0 Å². The first-order valence-corrected chi connectivity index (χ1v) is 4.76. The van der Waals surface area contributed by atoms with Gasteiger partial charge in [-0.2, -0.15) is 0 Å². The van der Waals surface area contributed by atoms with Crippen LogP contribution in [-0.4, -0.2) is 29.4 Å². The monoisotopic (exact) mass is 168 g/mol. The molecule has 68 valence electrons. The van der Waals surface area contributed by atoms with Crippen molar-refractivity contribution in [3.05, 3.63) is 0 Å². The zero-order chi connectivity index (χ0) is 8.60. The Balaban J connectivity index is 1.95. The van der Waals surface area contributed by atoms with Crippen LogP contribution in [0.3, 0.4) is 0 Å². The van der Waals surface area contributed by atoms with Crippen molar-refractivity contribution in [2.24, 2.45) is 5.73 Å². The van der Waals surface area contributed by atoms with E-state index in [1.807, 2.05) is 0 Å². The topological polar surface area (TPSA) is 46.3 Å². The number of carbonyl (C=O) groups excluding carboxylic acids is 1. The summed E-state index contributed by atoms with van der Waals surface area (Å²) >= 11 is 0. The van der Waals surface area contributed by atoms with E-state index in [4.69, 9.17) is 5.73 Å². The van der Waals surface area contributed by atoms with E-state index >= 15 is 0 Å². The van der Waals surface area contributed by atoms with Crippen LogP contribution in [0.4, 0.5) is 0 Å². The fraction of sp³-hybridized carbons (Fsp3) is 0.889. The second-order valence-corrected chi connectivity index (χ2v) is 4.07. The van der Waals surface area contributed by atoms with Crippen LogP contribution < -0.4 is 5.73 Å². The predicted molar refractivity (Wildman–Crippen MR) is 46.6 cm³/mol. The van der Waals surface area contributed by atoms with Gasteiger partial charge in [0.1, 0.15) is 0 Å². The van der Waals surface area contributed by atoms with Gasteiger partial charge in [-0.05, 0) is 19.3 Å². The Morgan fingerprint density at radius 1 is 1.33 bits per heavy atom. The van der Waals surface area contributed by atoms with Gasteiger partial charge < -0.3 is 5.73 Å². The maximum Gasteiger partial charge on any atom is 0.231 e. The first kappa shape index (κ1) is 8.05. The minimum absolute atomic E-state index is 0.180. The predicted octanol–water partition coefficient (Wildman–Crippen LogP) is 0.490. The number of primary amides is 1. The molecule has 0 aromatic rings. The van der Waals surface area contributed by atoms with Crippen LogP contribution in [0.15, 0.2) is 0 Å². The lowest BCUT2D eigenvalue weighted by Crippen LogP contribution is -2.60. The number of hydrogen-bond acceptors (Lipinski definition) is 2. The third kappa shape index (κ3) is 1.12. The quantitative estimate of drug-likeness (QED) is 0.652. The van der Waals surface area contributed by atoms with Crippen LogP contribution in [0.5, 0.6) is 0 Å². The normalized spacial score (nSPS) is 27.3. The molecule has 1 saturated carbocycles. The van der Waals surface area contributed by atoms with Gasteiger partial charge in [-0.15, -0.1) is 0 Å². The molecular weight excluding hydrogens is 152 g/mol. The Labute approximate surface area is 72.9 Å². The lowest BCUT2D eigenvalue weighted by Gasteiger charge is -2.50. The van der Waals surface area contributed by atoms with E-state index in [9.17, 15) is 4.79 Å². The number of nitrogens with zero attached hydrogens (tertiary/aromatic N) is 1. The van der Waals surface area contributed by atoms with Gasteiger partial charge in [-0.25, -0.2) is 0 Å². The molecule has 2 aliphatic rings. The highest BCUT2D eigenvalue weighted by molar-refractivity contribution is 5.76. The molecule has 2 N–H and O–H groups in total. The second kappa shape index (κ2) is 2.73. The summed E-state index contributed by atoms with van der Waals surface area (Å²) in [6, 6.07) is 0. The molecule has 1 saturated heterocycles. The largest absolute Gasteiger partial charge is 0.369 e. The summed E-state index contributed by atoms with van der Waals surface area (Å²) in [6.45, 7) is 1.54. The first-order valence-electron chi connectivity index (χ1n) is 4.76. The standard InChI is InChI=1S/C9H16N2O/c10-8(12)7-11-6-5-9(11)3-1-2-4-9/h1-7H2,(H2,10,12). The first-order chi connectivity index (χ1) is 5.73. The number of carbonyl (C=O) groups is 1. The van der Waals surface area contributed by atoms with Gasteiger partial charge in [-0.1, -0.05) is 12.8 Å². The van der Waals surface area contributed by atoms with Crippen LogP contribution in [0.25, 0.3) is 0 Å². The Morgan fingerprint density at radius 2 is 2.00 bits per heavy atom. The molecule has 2 rings (SSSR count). The summed E-state index contributed by atoms with van der Waals surface area (Å²) in [5.41, 5.74) is 5.57. The molecule has 1 spiro atoms. The minimum atomic E-state index is -0.180. The molecule has 3 heteroatoms. The molecule has 12 heavy (non-hydrogen) atoms. The van der Waals surface area contributed by atoms with Gasteiger partial charge in [-0.3, -0.25) is 9.69 Å². The van der Waals surface area contributed by atoms with Crippen LogP contribution in [0, 0.1) is 0 Å².